The Morgan fingerprint density at radius 1 is 0.980 bits per heavy atom. The van der Waals surface area contributed by atoms with Crippen molar-refractivity contribution in [1.82, 2.24) is 30.4 Å². The van der Waals surface area contributed by atoms with Gasteiger partial charge in [0.25, 0.3) is 0 Å². The molecule has 0 saturated carbocycles. The monoisotopic (exact) mass is 712 g/mol. The average Bonchev–Trinajstić information content (AvgIpc) is 3.81. The van der Waals surface area contributed by atoms with E-state index in [1.807, 2.05) is 31.2 Å². The molecule has 3 N–H and O–H groups in total. The van der Waals surface area contributed by atoms with Crippen LogP contribution >= 0.6 is 11.8 Å². The highest BCUT2D eigenvalue weighted by Crippen LogP contribution is 2.43. The summed E-state index contributed by atoms with van der Waals surface area (Å²) in [5.74, 6) is -2.14. The zero-order valence-corrected chi connectivity index (χ0v) is 27.7. The first-order valence-corrected chi connectivity index (χ1v) is 17.0. The molecule has 0 spiro atoms. The van der Waals surface area contributed by atoms with Crippen molar-refractivity contribution in [2.24, 2.45) is 5.92 Å². The van der Waals surface area contributed by atoms with Crippen molar-refractivity contribution in [2.45, 2.75) is 68.8 Å². The number of hydrogen-bond acceptors (Lipinski definition) is 10. The first-order chi connectivity index (χ1) is 24.0. The van der Waals surface area contributed by atoms with E-state index in [4.69, 9.17) is 9.47 Å². The minimum absolute atomic E-state index is 0.0575. The Balaban J connectivity index is 1.15. The van der Waals surface area contributed by atoms with E-state index in [1.54, 1.807) is 53.2 Å². The quantitative estimate of drug-likeness (QED) is 0.199. The number of thioether (sulfide) groups is 1. The summed E-state index contributed by atoms with van der Waals surface area (Å²) >= 11 is 1.41. The van der Waals surface area contributed by atoms with Crippen LogP contribution in [0.1, 0.15) is 54.4 Å². The van der Waals surface area contributed by atoms with Gasteiger partial charge in [-0.15, -0.1) is 5.10 Å². The lowest BCUT2D eigenvalue weighted by molar-refractivity contribution is -0.268. The number of nitrogens with one attached hydrogen (secondary N) is 1. The summed E-state index contributed by atoms with van der Waals surface area (Å²) in [4.78, 5) is 25.1. The normalized spacial score (nSPS) is 22.4. The maximum Gasteiger partial charge on any atom is 0.471 e. The number of nitrogens with zero attached hydrogens (tertiary/aromatic N) is 5. The van der Waals surface area contributed by atoms with E-state index in [-0.39, 0.29) is 50.0 Å². The third-order valence-electron chi connectivity index (χ3n) is 8.81. The lowest BCUT2D eigenvalue weighted by atomic mass is 9.91. The van der Waals surface area contributed by atoms with Gasteiger partial charge in [0.2, 0.25) is 11.1 Å². The summed E-state index contributed by atoms with van der Waals surface area (Å²) < 4.78 is 53.6. The molecule has 0 unspecified atom stereocenters. The number of ether oxygens (including phenoxy) is 2. The SMILES string of the molecule is C[C@@H]1[C@H](CSc2nnnn2-c2ccc(O)cc2)O[C@H](c2ccc(CNC(=O)[C@@H]3CCCN3C(=O)C(F)(F)F)cc2)O[C@@H]1c1ccc(CO)cc1. The second-order valence-electron chi connectivity index (χ2n) is 12.1. The lowest BCUT2D eigenvalue weighted by Gasteiger charge is -2.41. The summed E-state index contributed by atoms with van der Waals surface area (Å²) in [5.41, 5.74) is 3.78. The molecule has 50 heavy (non-hydrogen) atoms. The van der Waals surface area contributed by atoms with Crippen LogP contribution < -0.4 is 5.32 Å². The third-order valence-corrected chi connectivity index (χ3v) is 9.82. The Labute approximate surface area is 289 Å². The molecular formula is C34H35F3N6O6S. The van der Waals surface area contributed by atoms with E-state index >= 15 is 0 Å². The van der Waals surface area contributed by atoms with Gasteiger partial charge in [-0.25, -0.2) is 0 Å². The van der Waals surface area contributed by atoms with Crippen LogP contribution in [0.2, 0.25) is 0 Å². The van der Waals surface area contributed by atoms with E-state index in [9.17, 15) is 33.0 Å². The smallest absolute Gasteiger partial charge is 0.471 e. The number of phenols is 1. The van der Waals surface area contributed by atoms with E-state index in [0.29, 0.717) is 39.0 Å². The minimum atomic E-state index is -5.04. The van der Waals surface area contributed by atoms with Crippen molar-refractivity contribution in [1.29, 1.82) is 0 Å². The fourth-order valence-corrected chi connectivity index (χ4v) is 7.09. The van der Waals surface area contributed by atoms with Gasteiger partial charge in [0, 0.05) is 30.3 Å². The molecular weight excluding hydrogens is 677 g/mol. The number of carbonyl (C=O) groups is 2. The van der Waals surface area contributed by atoms with Gasteiger partial charge in [-0.05, 0) is 64.2 Å². The van der Waals surface area contributed by atoms with Crippen molar-refractivity contribution in [2.75, 3.05) is 12.3 Å². The number of benzene rings is 3. The summed E-state index contributed by atoms with van der Waals surface area (Å²) in [6, 6.07) is 20.0. The van der Waals surface area contributed by atoms with Crippen molar-refractivity contribution in [3.05, 3.63) is 95.1 Å². The lowest BCUT2D eigenvalue weighted by Crippen LogP contribution is -2.50. The molecule has 5 atom stereocenters. The maximum atomic E-state index is 13.0. The molecule has 0 aliphatic carbocycles. The number of carbonyl (C=O) groups excluding carboxylic acids is 2. The molecule has 3 heterocycles. The van der Waals surface area contributed by atoms with E-state index in [0.717, 1.165) is 11.1 Å². The van der Waals surface area contributed by atoms with Gasteiger partial charge in [-0.2, -0.15) is 17.9 Å². The molecule has 2 aliphatic rings. The second kappa shape index (κ2) is 15.2. The number of tetrazole rings is 1. The van der Waals surface area contributed by atoms with Crippen molar-refractivity contribution in [3.63, 3.8) is 0 Å². The molecule has 2 amide bonds. The molecule has 0 bridgehead atoms. The number of aliphatic hydroxyl groups excluding tert-OH is 1. The molecule has 4 aromatic rings. The van der Waals surface area contributed by atoms with Crippen LogP contribution in [0, 0.1) is 5.92 Å². The summed E-state index contributed by atoms with van der Waals surface area (Å²) in [6.45, 7) is 1.89. The summed E-state index contributed by atoms with van der Waals surface area (Å²) in [7, 11) is 0. The fraction of sp³-hybridized carbons (Fsp3) is 0.382. The highest BCUT2D eigenvalue weighted by molar-refractivity contribution is 7.99. The average molecular weight is 713 g/mol. The Bertz CT molecular complexity index is 1770. The number of phenolic OH excluding ortho intramolecular Hbond substituents is 1. The number of amides is 2. The van der Waals surface area contributed by atoms with Crippen molar-refractivity contribution >= 4 is 23.6 Å². The third kappa shape index (κ3) is 7.93. The Hall–Kier alpha value is -4.51. The maximum absolute atomic E-state index is 13.0. The van der Waals surface area contributed by atoms with Gasteiger partial charge in [0.1, 0.15) is 11.8 Å². The van der Waals surface area contributed by atoms with Crippen LogP contribution in [0.4, 0.5) is 13.2 Å². The highest BCUT2D eigenvalue weighted by Gasteiger charge is 2.47. The first kappa shape index (κ1) is 35.3. The number of aromatic hydroxyl groups is 1. The number of likely N-dealkylation sites (tertiary alicyclic amines) is 1. The van der Waals surface area contributed by atoms with Gasteiger partial charge in [0.15, 0.2) is 6.29 Å². The zero-order chi connectivity index (χ0) is 35.4. The topological polar surface area (TPSA) is 152 Å². The molecule has 16 heteroatoms. The number of rotatable bonds is 10. The van der Waals surface area contributed by atoms with Gasteiger partial charge in [0.05, 0.1) is 24.5 Å². The van der Waals surface area contributed by atoms with Gasteiger partial charge in [-0.3, -0.25) is 9.59 Å². The van der Waals surface area contributed by atoms with Crippen LogP contribution in [0.5, 0.6) is 5.75 Å². The predicted molar refractivity (Wildman–Crippen MR) is 174 cm³/mol. The summed E-state index contributed by atoms with van der Waals surface area (Å²) in [5, 5.41) is 34.5. The molecule has 2 fully saturated rings. The second-order valence-corrected chi connectivity index (χ2v) is 13.1. The first-order valence-electron chi connectivity index (χ1n) is 16.0. The Kier molecular flexibility index (Phi) is 10.7. The predicted octanol–water partition coefficient (Wildman–Crippen LogP) is 4.61. The summed E-state index contributed by atoms with van der Waals surface area (Å²) in [6.07, 6.45) is -6.01. The van der Waals surface area contributed by atoms with Crippen LogP contribution in [0.25, 0.3) is 5.69 Å². The molecule has 12 nitrogen and oxygen atoms in total. The Morgan fingerprint density at radius 2 is 1.66 bits per heavy atom. The number of hydrogen-bond donors (Lipinski definition) is 3. The molecule has 2 aliphatic heterocycles. The highest BCUT2D eigenvalue weighted by atomic mass is 32.2. The number of alkyl halides is 3. The van der Waals surface area contributed by atoms with E-state index < -0.39 is 30.3 Å². The van der Waals surface area contributed by atoms with Crippen molar-refractivity contribution < 1.29 is 42.4 Å². The van der Waals surface area contributed by atoms with Crippen LogP contribution in [-0.2, 0) is 32.2 Å². The van der Waals surface area contributed by atoms with Gasteiger partial charge < -0.3 is 29.9 Å². The zero-order valence-electron chi connectivity index (χ0n) is 26.9. The van der Waals surface area contributed by atoms with Crippen LogP contribution in [0.3, 0.4) is 0 Å². The molecule has 3 aromatic carbocycles. The van der Waals surface area contributed by atoms with Crippen LogP contribution in [0.15, 0.2) is 78.0 Å². The molecule has 2 saturated heterocycles. The largest absolute Gasteiger partial charge is 0.508 e. The van der Waals surface area contributed by atoms with Crippen molar-refractivity contribution in [3.8, 4) is 11.4 Å². The standard InChI is InChI=1S/C34H35F3N6O6S/c1-20-28(19-50-33-39-40-41-43(33)25-12-14-26(45)15-13-25)48-31(49-29(20)23-8-6-22(18-44)7-9-23)24-10-4-21(5-11-24)17-38-30(46)27-3-2-16-42(27)32(47)34(35,36)37/h4-15,20,27-29,31,44-45H,2-3,16-19H2,1H3,(H,38,46)/t20-,27+,28+,29+,31+/m1/s1. The van der Waals surface area contributed by atoms with E-state index in [1.165, 1.54) is 11.8 Å². The van der Waals surface area contributed by atoms with E-state index in [2.05, 4.69) is 20.8 Å². The molecule has 1 aromatic heterocycles. The fourth-order valence-electron chi connectivity index (χ4n) is 6.04. The molecule has 264 valence electrons. The van der Waals surface area contributed by atoms with Crippen LogP contribution in [-0.4, -0.2) is 77.8 Å². The molecule has 0 radical (unpaired) electrons. The molecule has 6 rings (SSSR count). The number of aromatic nitrogens is 4. The van der Waals surface area contributed by atoms with Gasteiger partial charge in [-0.1, -0.05) is 67.2 Å². The number of halogens is 3. The number of aliphatic hydroxyl groups is 1. The Morgan fingerprint density at radius 3 is 2.34 bits per heavy atom. The minimum Gasteiger partial charge on any atom is -0.508 e. The van der Waals surface area contributed by atoms with Gasteiger partial charge >= 0.3 is 12.1 Å².